The number of hydrogen-bond acceptors (Lipinski definition) is 3. The van der Waals surface area contributed by atoms with Crippen molar-refractivity contribution < 1.29 is 4.42 Å². The van der Waals surface area contributed by atoms with Crippen molar-refractivity contribution in [1.29, 1.82) is 0 Å². The van der Waals surface area contributed by atoms with Gasteiger partial charge in [0, 0.05) is 44.5 Å². The molecule has 0 aliphatic heterocycles. The molecule has 0 N–H and O–H groups in total. The van der Waals surface area contributed by atoms with Crippen molar-refractivity contribution in [2.45, 2.75) is 12.8 Å². The van der Waals surface area contributed by atoms with Crippen molar-refractivity contribution in [3.8, 4) is 22.6 Å². The van der Waals surface area contributed by atoms with E-state index < -0.39 is 0 Å². The van der Waals surface area contributed by atoms with Gasteiger partial charge in [0.2, 0.25) is 5.89 Å². The molecule has 4 nitrogen and oxygen atoms in total. The number of hydrogen-bond donors (Lipinski definition) is 0. The molecule has 0 bridgehead atoms. The first-order chi connectivity index (χ1) is 25.3. The van der Waals surface area contributed by atoms with Crippen LogP contribution in [-0.4, -0.2) is 9.55 Å². The summed E-state index contributed by atoms with van der Waals surface area (Å²) in [6, 6.07) is 55.9. The topological polar surface area (TPSA) is 34.2 Å². The third kappa shape index (κ3) is 4.95. The molecule has 0 unspecified atom stereocenters. The van der Waals surface area contributed by atoms with Gasteiger partial charge < -0.3 is 13.9 Å². The lowest BCUT2D eigenvalue weighted by molar-refractivity contribution is 0.620. The first-order valence-corrected chi connectivity index (χ1v) is 17.5. The van der Waals surface area contributed by atoms with Crippen molar-refractivity contribution in [1.82, 2.24) is 9.55 Å². The zero-order chi connectivity index (χ0) is 33.7. The molecule has 9 aromatic rings. The monoisotopic (exact) mass is 655 g/mol. The van der Waals surface area contributed by atoms with Gasteiger partial charge >= 0.3 is 0 Å². The van der Waals surface area contributed by atoms with E-state index in [0.29, 0.717) is 5.89 Å². The number of allylic oxidation sites excluding steroid dienone is 4. The summed E-state index contributed by atoms with van der Waals surface area (Å²) in [5.41, 5.74) is 12.0. The van der Waals surface area contributed by atoms with Crippen LogP contribution in [0.15, 0.2) is 180 Å². The van der Waals surface area contributed by atoms with Crippen LogP contribution in [0.3, 0.4) is 0 Å². The number of benzene rings is 7. The second-order valence-corrected chi connectivity index (χ2v) is 13.1. The average molecular weight is 656 g/mol. The maximum atomic E-state index is 6.38. The number of oxazole rings is 1. The van der Waals surface area contributed by atoms with E-state index in [4.69, 9.17) is 9.40 Å². The maximum Gasteiger partial charge on any atom is 0.227 e. The van der Waals surface area contributed by atoms with Crippen LogP contribution in [0.5, 0.6) is 0 Å². The summed E-state index contributed by atoms with van der Waals surface area (Å²) >= 11 is 0. The Morgan fingerprint density at radius 2 is 1.22 bits per heavy atom. The smallest absolute Gasteiger partial charge is 0.227 e. The largest absolute Gasteiger partial charge is 0.436 e. The van der Waals surface area contributed by atoms with E-state index in [0.717, 1.165) is 68.5 Å². The lowest BCUT2D eigenvalue weighted by Gasteiger charge is -2.26. The lowest BCUT2D eigenvalue weighted by Crippen LogP contribution is -2.10. The molecule has 0 fully saturated rings. The number of nitrogens with zero attached hydrogens (tertiary/aromatic N) is 3. The van der Waals surface area contributed by atoms with Crippen molar-refractivity contribution in [2.24, 2.45) is 0 Å². The van der Waals surface area contributed by atoms with Gasteiger partial charge in [-0.1, -0.05) is 109 Å². The Bertz CT molecular complexity index is 2790. The fourth-order valence-electron chi connectivity index (χ4n) is 7.70. The Balaban J connectivity index is 1.11. The molecule has 4 heteroatoms. The van der Waals surface area contributed by atoms with Gasteiger partial charge in [0.25, 0.3) is 0 Å². The highest BCUT2D eigenvalue weighted by Crippen LogP contribution is 2.42. The van der Waals surface area contributed by atoms with Crippen LogP contribution in [0.2, 0.25) is 0 Å². The van der Waals surface area contributed by atoms with Gasteiger partial charge in [-0.25, -0.2) is 4.98 Å². The number of aromatic nitrogens is 2. The van der Waals surface area contributed by atoms with E-state index in [1.807, 2.05) is 30.3 Å². The van der Waals surface area contributed by atoms with Crippen molar-refractivity contribution in [3.05, 3.63) is 176 Å². The van der Waals surface area contributed by atoms with Gasteiger partial charge in [0.1, 0.15) is 5.52 Å². The van der Waals surface area contributed by atoms with Crippen LogP contribution < -0.4 is 4.90 Å². The predicted octanol–water partition coefficient (Wildman–Crippen LogP) is 13.1. The minimum absolute atomic E-state index is 0.633. The fourth-order valence-corrected chi connectivity index (χ4v) is 7.70. The summed E-state index contributed by atoms with van der Waals surface area (Å²) in [5.74, 6) is 0.633. The number of fused-ring (bicyclic) bond motifs is 6. The van der Waals surface area contributed by atoms with Crippen LogP contribution in [0.1, 0.15) is 12.8 Å². The Morgan fingerprint density at radius 3 is 2.00 bits per heavy atom. The molecule has 51 heavy (non-hydrogen) atoms. The normalized spacial score (nSPS) is 13.0. The summed E-state index contributed by atoms with van der Waals surface area (Å²) in [7, 11) is 0. The summed E-state index contributed by atoms with van der Waals surface area (Å²) in [6.07, 6.45) is 8.76. The standard InChI is InChI=1S/C47H33N3O/c1-4-14-33(15-5-1)47-48-46-41-22-11-10-20-38(41)42(31-45(46)51-47)32-24-26-36(27-25-32)49(34-16-6-2-7-17-34)37-28-29-40-39-21-12-13-23-43(39)50(44(40)30-37)35-18-8-3-9-19-35/h1-8,10-18,20-31H,9,19H2. The summed E-state index contributed by atoms with van der Waals surface area (Å²) in [4.78, 5) is 7.29. The van der Waals surface area contributed by atoms with Crippen LogP contribution in [-0.2, 0) is 0 Å². The zero-order valence-electron chi connectivity index (χ0n) is 27.9. The quantitative estimate of drug-likeness (QED) is 0.179. The summed E-state index contributed by atoms with van der Waals surface area (Å²) in [6.45, 7) is 0. The number of para-hydroxylation sites is 2. The van der Waals surface area contributed by atoms with Gasteiger partial charge in [-0.05, 0) is 96.1 Å². The minimum Gasteiger partial charge on any atom is -0.436 e. The first kappa shape index (κ1) is 29.3. The highest BCUT2D eigenvalue weighted by Gasteiger charge is 2.20. The second kappa shape index (κ2) is 12.0. The highest BCUT2D eigenvalue weighted by molar-refractivity contribution is 6.12. The molecule has 1 aliphatic carbocycles. The van der Waals surface area contributed by atoms with E-state index in [9.17, 15) is 0 Å². The third-order valence-electron chi connectivity index (χ3n) is 10.1. The molecule has 1 aliphatic rings. The summed E-state index contributed by atoms with van der Waals surface area (Å²) < 4.78 is 8.84. The van der Waals surface area contributed by atoms with E-state index >= 15 is 0 Å². The fraction of sp³-hybridized carbons (Fsp3) is 0.0426. The zero-order valence-corrected chi connectivity index (χ0v) is 27.9. The van der Waals surface area contributed by atoms with Crippen molar-refractivity contribution in [3.63, 3.8) is 0 Å². The number of rotatable bonds is 6. The first-order valence-electron chi connectivity index (χ1n) is 17.5. The molecule has 0 saturated carbocycles. The molecule has 242 valence electrons. The molecule has 0 atom stereocenters. The summed E-state index contributed by atoms with van der Waals surface area (Å²) in [5, 5.41) is 4.77. The third-order valence-corrected chi connectivity index (χ3v) is 10.1. The van der Waals surface area contributed by atoms with Crippen molar-refractivity contribution in [2.75, 3.05) is 4.90 Å². The molecule has 10 rings (SSSR count). The molecular weight excluding hydrogens is 623 g/mol. The van der Waals surface area contributed by atoms with Crippen LogP contribution in [0.4, 0.5) is 17.1 Å². The van der Waals surface area contributed by atoms with E-state index in [1.54, 1.807) is 0 Å². The van der Waals surface area contributed by atoms with Gasteiger partial charge in [-0.15, -0.1) is 0 Å². The Kier molecular flexibility index (Phi) is 6.91. The molecule has 0 spiro atoms. The second-order valence-electron chi connectivity index (χ2n) is 13.1. The maximum absolute atomic E-state index is 6.38. The predicted molar refractivity (Wildman–Crippen MR) is 213 cm³/mol. The van der Waals surface area contributed by atoms with E-state index in [1.165, 1.54) is 27.5 Å². The van der Waals surface area contributed by atoms with Crippen LogP contribution in [0, 0.1) is 0 Å². The Morgan fingerprint density at radius 1 is 0.549 bits per heavy atom. The molecule has 2 heterocycles. The van der Waals surface area contributed by atoms with Crippen molar-refractivity contribution >= 4 is 66.4 Å². The van der Waals surface area contributed by atoms with Crippen LogP contribution in [0.25, 0.3) is 72.0 Å². The lowest BCUT2D eigenvalue weighted by atomic mass is 9.97. The SMILES string of the molecule is C1=CCCC(n2c3ccccc3c3ccc(N(c4ccccc4)c4ccc(-c5cc6oc(-c7ccccc7)nc6c6ccccc56)cc4)cc32)=C1. The van der Waals surface area contributed by atoms with Gasteiger partial charge in [-0.3, -0.25) is 0 Å². The molecule has 0 radical (unpaired) electrons. The molecule has 0 saturated heterocycles. The highest BCUT2D eigenvalue weighted by atomic mass is 16.3. The molecule has 0 amide bonds. The average Bonchev–Trinajstić information content (AvgIpc) is 3.79. The Hall–Kier alpha value is -6.65. The van der Waals surface area contributed by atoms with Gasteiger partial charge in [0.05, 0.1) is 11.0 Å². The number of anilines is 3. The van der Waals surface area contributed by atoms with Gasteiger partial charge in [-0.2, -0.15) is 0 Å². The van der Waals surface area contributed by atoms with Gasteiger partial charge in [0.15, 0.2) is 5.58 Å². The molecule has 7 aromatic carbocycles. The van der Waals surface area contributed by atoms with E-state index in [2.05, 4.69) is 155 Å². The molecular formula is C47H33N3O. The minimum atomic E-state index is 0.633. The van der Waals surface area contributed by atoms with E-state index in [-0.39, 0.29) is 0 Å². The van der Waals surface area contributed by atoms with Crippen LogP contribution >= 0.6 is 0 Å². The molecule has 2 aromatic heterocycles. The Labute approximate surface area is 295 Å².